The summed E-state index contributed by atoms with van der Waals surface area (Å²) in [5, 5.41) is 4.51. The van der Waals surface area contributed by atoms with Gasteiger partial charge in [0, 0.05) is 24.4 Å². The second-order valence-electron chi connectivity index (χ2n) is 3.69. The van der Waals surface area contributed by atoms with Gasteiger partial charge in [-0.25, -0.2) is 4.52 Å². The summed E-state index contributed by atoms with van der Waals surface area (Å²) in [4.78, 5) is 4.29. The Kier molecular flexibility index (Phi) is 2.53. The number of benzene rings is 1. The number of hydrogen-bond donors (Lipinski definition) is 1. The molecule has 1 aromatic carbocycles. The number of rotatable bonds is 2. The van der Waals surface area contributed by atoms with Gasteiger partial charge in [-0.15, -0.1) is 0 Å². The summed E-state index contributed by atoms with van der Waals surface area (Å²) in [6.45, 7) is 0. The second-order valence-corrected chi connectivity index (χ2v) is 4.09. The Labute approximate surface area is 108 Å². The van der Waals surface area contributed by atoms with Crippen LogP contribution in [0.15, 0.2) is 42.7 Å². The van der Waals surface area contributed by atoms with E-state index in [1.807, 2.05) is 0 Å². The predicted molar refractivity (Wildman–Crippen MR) is 68.9 cm³/mol. The van der Waals surface area contributed by atoms with Crippen molar-refractivity contribution in [3.8, 4) is 11.6 Å². The van der Waals surface area contributed by atoms with Crippen LogP contribution in [0.25, 0.3) is 5.65 Å². The standard InChI is InChI=1S/C12H9ClN4O/c13-9-7-8(1-2-10(9)14)18-12-4-6-17-11(16-12)3-5-15-17/h1-7H,14H2. The summed E-state index contributed by atoms with van der Waals surface area (Å²) in [6.07, 6.45) is 3.45. The SMILES string of the molecule is Nc1ccc(Oc2ccn3nccc3n2)cc1Cl. The third-order valence-electron chi connectivity index (χ3n) is 2.43. The van der Waals surface area contributed by atoms with Gasteiger partial charge in [0.2, 0.25) is 5.88 Å². The molecule has 5 nitrogen and oxygen atoms in total. The minimum atomic E-state index is 0.456. The van der Waals surface area contributed by atoms with Gasteiger partial charge in [0.05, 0.1) is 16.9 Å². The lowest BCUT2D eigenvalue weighted by Crippen LogP contribution is -1.93. The van der Waals surface area contributed by atoms with Gasteiger partial charge in [-0.2, -0.15) is 10.1 Å². The molecule has 0 radical (unpaired) electrons. The summed E-state index contributed by atoms with van der Waals surface area (Å²) >= 11 is 5.92. The number of hydrogen-bond acceptors (Lipinski definition) is 4. The lowest BCUT2D eigenvalue weighted by atomic mass is 10.3. The number of nitrogens with two attached hydrogens (primary N) is 1. The van der Waals surface area contributed by atoms with Crippen molar-refractivity contribution in [3.05, 3.63) is 47.7 Å². The molecule has 0 amide bonds. The molecular formula is C12H9ClN4O. The highest BCUT2D eigenvalue weighted by Crippen LogP contribution is 2.27. The topological polar surface area (TPSA) is 65.4 Å². The molecule has 2 N–H and O–H groups in total. The van der Waals surface area contributed by atoms with Gasteiger partial charge in [-0.05, 0) is 12.1 Å². The van der Waals surface area contributed by atoms with Crippen LogP contribution in [0, 0.1) is 0 Å². The van der Waals surface area contributed by atoms with E-state index in [1.165, 1.54) is 0 Å². The first-order valence-corrected chi connectivity index (χ1v) is 5.63. The van der Waals surface area contributed by atoms with Crippen molar-refractivity contribution < 1.29 is 4.74 Å². The third kappa shape index (κ3) is 1.96. The van der Waals surface area contributed by atoms with Crippen molar-refractivity contribution in [2.45, 2.75) is 0 Å². The maximum atomic E-state index is 5.92. The quantitative estimate of drug-likeness (QED) is 0.720. The van der Waals surface area contributed by atoms with Crippen LogP contribution in [0.1, 0.15) is 0 Å². The Hall–Kier alpha value is -2.27. The Morgan fingerprint density at radius 1 is 1.22 bits per heavy atom. The molecule has 3 aromatic rings. The van der Waals surface area contributed by atoms with Crippen molar-refractivity contribution in [1.82, 2.24) is 14.6 Å². The number of ether oxygens (including phenoxy) is 1. The van der Waals surface area contributed by atoms with Gasteiger partial charge in [0.15, 0.2) is 5.65 Å². The van der Waals surface area contributed by atoms with Crippen molar-refractivity contribution >= 4 is 22.9 Å². The summed E-state index contributed by atoms with van der Waals surface area (Å²) in [5.41, 5.74) is 6.86. The fourth-order valence-electron chi connectivity index (χ4n) is 1.54. The molecule has 0 aliphatic carbocycles. The van der Waals surface area contributed by atoms with E-state index < -0.39 is 0 Å². The van der Waals surface area contributed by atoms with Gasteiger partial charge < -0.3 is 10.5 Å². The molecule has 0 saturated carbocycles. The third-order valence-corrected chi connectivity index (χ3v) is 2.75. The molecule has 0 atom stereocenters. The highest BCUT2D eigenvalue weighted by atomic mass is 35.5. The fraction of sp³-hybridized carbons (Fsp3) is 0. The van der Waals surface area contributed by atoms with Crippen molar-refractivity contribution in [2.75, 3.05) is 5.73 Å². The molecule has 0 bridgehead atoms. The van der Waals surface area contributed by atoms with Crippen LogP contribution >= 0.6 is 11.6 Å². The zero-order valence-electron chi connectivity index (χ0n) is 9.25. The van der Waals surface area contributed by atoms with Crippen molar-refractivity contribution in [3.63, 3.8) is 0 Å². The highest BCUT2D eigenvalue weighted by Gasteiger charge is 2.03. The van der Waals surface area contributed by atoms with E-state index in [4.69, 9.17) is 22.1 Å². The van der Waals surface area contributed by atoms with E-state index in [1.54, 1.807) is 47.2 Å². The average Bonchev–Trinajstić information content (AvgIpc) is 2.81. The first-order chi connectivity index (χ1) is 8.72. The molecular weight excluding hydrogens is 252 g/mol. The molecule has 0 fully saturated rings. The maximum Gasteiger partial charge on any atom is 0.222 e. The molecule has 3 rings (SSSR count). The van der Waals surface area contributed by atoms with Crippen LogP contribution in [-0.2, 0) is 0 Å². The van der Waals surface area contributed by atoms with Crippen molar-refractivity contribution in [2.24, 2.45) is 0 Å². The molecule has 0 spiro atoms. The van der Waals surface area contributed by atoms with E-state index in [0.717, 1.165) is 0 Å². The molecule has 18 heavy (non-hydrogen) atoms. The average molecular weight is 261 g/mol. The molecule has 0 aliphatic rings. The van der Waals surface area contributed by atoms with E-state index in [9.17, 15) is 0 Å². The smallest absolute Gasteiger partial charge is 0.222 e. The first-order valence-electron chi connectivity index (χ1n) is 5.26. The maximum absolute atomic E-state index is 5.92. The van der Waals surface area contributed by atoms with Crippen molar-refractivity contribution in [1.29, 1.82) is 0 Å². The van der Waals surface area contributed by atoms with Crippen LogP contribution < -0.4 is 10.5 Å². The van der Waals surface area contributed by atoms with E-state index in [2.05, 4.69) is 10.1 Å². The Bertz CT molecular complexity index is 710. The predicted octanol–water partition coefficient (Wildman–Crippen LogP) is 2.76. The number of anilines is 1. The monoisotopic (exact) mass is 260 g/mol. The lowest BCUT2D eigenvalue weighted by molar-refractivity contribution is 0.463. The van der Waals surface area contributed by atoms with Gasteiger partial charge in [0.1, 0.15) is 5.75 Å². The van der Waals surface area contributed by atoms with E-state index in [0.29, 0.717) is 28.0 Å². The van der Waals surface area contributed by atoms with E-state index in [-0.39, 0.29) is 0 Å². The van der Waals surface area contributed by atoms with Crippen LogP contribution in [0.3, 0.4) is 0 Å². The normalized spacial score (nSPS) is 10.7. The van der Waals surface area contributed by atoms with Crippen LogP contribution in [-0.4, -0.2) is 14.6 Å². The number of nitrogen functional groups attached to an aromatic ring is 1. The Balaban J connectivity index is 1.92. The summed E-state index contributed by atoms with van der Waals surface area (Å²) in [6, 6.07) is 8.60. The zero-order valence-corrected chi connectivity index (χ0v) is 10.0. The number of nitrogens with zero attached hydrogens (tertiary/aromatic N) is 3. The number of halogens is 1. The number of fused-ring (bicyclic) bond motifs is 1. The van der Waals surface area contributed by atoms with Gasteiger partial charge in [-0.1, -0.05) is 11.6 Å². The fourth-order valence-corrected chi connectivity index (χ4v) is 1.71. The Morgan fingerprint density at radius 3 is 2.94 bits per heavy atom. The molecule has 6 heteroatoms. The lowest BCUT2D eigenvalue weighted by Gasteiger charge is -2.06. The van der Waals surface area contributed by atoms with Crippen LogP contribution in [0.4, 0.5) is 5.69 Å². The largest absolute Gasteiger partial charge is 0.439 e. The highest BCUT2D eigenvalue weighted by molar-refractivity contribution is 6.33. The van der Waals surface area contributed by atoms with Crippen LogP contribution in [0.2, 0.25) is 5.02 Å². The Morgan fingerprint density at radius 2 is 2.11 bits per heavy atom. The van der Waals surface area contributed by atoms with Gasteiger partial charge in [0.25, 0.3) is 0 Å². The van der Waals surface area contributed by atoms with Gasteiger partial charge >= 0.3 is 0 Å². The van der Waals surface area contributed by atoms with E-state index >= 15 is 0 Å². The first kappa shape index (κ1) is 10.9. The molecule has 0 saturated heterocycles. The molecule has 0 aliphatic heterocycles. The molecule has 2 aromatic heterocycles. The minimum Gasteiger partial charge on any atom is -0.439 e. The summed E-state index contributed by atoms with van der Waals surface area (Å²) in [5.74, 6) is 1.06. The zero-order chi connectivity index (χ0) is 12.5. The van der Waals surface area contributed by atoms with Crippen LogP contribution in [0.5, 0.6) is 11.6 Å². The summed E-state index contributed by atoms with van der Waals surface area (Å²) in [7, 11) is 0. The second kappa shape index (κ2) is 4.19. The summed E-state index contributed by atoms with van der Waals surface area (Å²) < 4.78 is 7.26. The minimum absolute atomic E-state index is 0.456. The molecule has 2 heterocycles. The molecule has 90 valence electrons. The molecule has 0 unspecified atom stereocenters. The number of aromatic nitrogens is 3. The van der Waals surface area contributed by atoms with Gasteiger partial charge in [-0.3, -0.25) is 0 Å².